The Balaban J connectivity index is 1.23. The summed E-state index contributed by atoms with van der Waals surface area (Å²) >= 11 is 0. The van der Waals surface area contributed by atoms with Crippen molar-refractivity contribution in [1.82, 2.24) is 0 Å². The van der Waals surface area contributed by atoms with E-state index in [1.165, 1.54) is 22.4 Å². The van der Waals surface area contributed by atoms with Crippen LogP contribution in [-0.4, -0.2) is 37.9 Å². The molecule has 40 heavy (non-hydrogen) atoms. The van der Waals surface area contributed by atoms with E-state index in [4.69, 9.17) is 9.47 Å². The summed E-state index contributed by atoms with van der Waals surface area (Å²) in [6, 6.07) is 23.5. The molecule has 5 rings (SSSR count). The van der Waals surface area contributed by atoms with Gasteiger partial charge in [-0.2, -0.15) is 0 Å². The van der Waals surface area contributed by atoms with E-state index >= 15 is 0 Å². The fourth-order valence-electron chi connectivity index (χ4n) is 5.93. The number of ether oxygens (including phenoxy) is 2. The second-order valence-corrected chi connectivity index (χ2v) is 12.6. The highest BCUT2D eigenvalue weighted by Gasteiger charge is 2.34. The first-order chi connectivity index (χ1) is 19.2. The Morgan fingerprint density at radius 2 is 1.68 bits per heavy atom. The first kappa shape index (κ1) is 28.1. The standard InChI is InChI=1S/C35H43NO4/c1-35(2,3)28-12-10-25(11-13-28)31-15-14-29(39-4)21-33(31)36-18-16-24(17-19-36)23-40-30-7-5-6-27(20-30)32(22-34(37)38)26-8-9-26/h5-7,10-15,20-21,24,26,32H,8-9,16-19,22-23H2,1-4H3,(H,37,38)/t32-/m0/s1. The van der Waals surface area contributed by atoms with Crippen LogP contribution in [0.1, 0.15) is 69.9 Å². The van der Waals surface area contributed by atoms with Crippen LogP contribution in [-0.2, 0) is 10.2 Å². The lowest BCUT2D eigenvalue weighted by Gasteiger charge is -2.35. The number of methoxy groups -OCH3 is 1. The molecule has 0 aromatic heterocycles. The Labute approximate surface area is 239 Å². The van der Waals surface area contributed by atoms with E-state index in [0.717, 1.165) is 55.8 Å². The van der Waals surface area contributed by atoms with E-state index in [9.17, 15) is 9.90 Å². The third-order valence-corrected chi connectivity index (χ3v) is 8.58. The molecule has 2 aliphatic rings. The summed E-state index contributed by atoms with van der Waals surface area (Å²) in [6.07, 6.45) is 4.56. The molecule has 0 amide bonds. The summed E-state index contributed by atoms with van der Waals surface area (Å²) in [4.78, 5) is 13.9. The van der Waals surface area contributed by atoms with Crippen molar-refractivity contribution in [3.8, 4) is 22.6 Å². The molecule has 0 bridgehead atoms. The highest BCUT2D eigenvalue weighted by atomic mass is 16.5. The molecule has 0 unspecified atom stereocenters. The molecule has 212 valence electrons. The second kappa shape index (κ2) is 12.0. The fourth-order valence-corrected chi connectivity index (χ4v) is 5.93. The summed E-state index contributed by atoms with van der Waals surface area (Å²) < 4.78 is 11.9. The maximum absolute atomic E-state index is 11.4. The average Bonchev–Trinajstić information content (AvgIpc) is 3.80. The van der Waals surface area contributed by atoms with Gasteiger partial charge in [-0.3, -0.25) is 4.79 Å². The summed E-state index contributed by atoms with van der Waals surface area (Å²) in [7, 11) is 1.73. The maximum Gasteiger partial charge on any atom is 0.303 e. The number of rotatable bonds is 10. The van der Waals surface area contributed by atoms with Crippen LogP contribution in [0, 0.1) is 11.8 Å². The van der Waals surface area contributed by atoms with Gasteiger partial charge in [0.1, 0.15) is 11.5 Å². The van der Waals surface area contributed by atoms with E-state index < -0.39 is 5.97 Å². The highest BCUT2D eigenvalue weighted by Crippen LogP contribution is 2.45. The lowest BCUT2D eigenvalue weighted by atomic mass is 9.86. The molecule has 3 aromatic carbocycles. The molecule has 1 heterocycles. The van der Waals surface area contributed by atoms with Gasteiger partial charge in [-0.05, 0) is 89.8 Å². The van der Waals surface area contributed by atoms with Gasteiger partial charge in [0.15, 0.2) is 0 Å². The normalized spacial score (nSPS) is 16.9. The molecule has 1 saturated heterocycles. The number of nitrogens with zero attached hydrogens (tertiary/aromatic N) is 1. The van der Waals surface area contributed by atoms with Gasteiger partial charge in [0.05, 0.1) is 20.1 Å². The Bertz CT molecular complexity index is 1300. The Kier molecular flexibility index (Phi) is 8.39. The number of hydrogen-bond acceptors (Lipinski definition) is 4. The quantitative estimate of drug-likeness (QED) is 0.282. The third kappa shape index (κ3) is 6.80. The van der Waals surface area contributed by atoms with E-state index in [1.807, 2.05) is 12.1 Å². The molecule has 5 nitrogen and oxygen atoms in total. The van der Waals surface area contributed by atoms with Crippen LogP contribution in [0.3, 0.4) is 0 Å². The maximum atomic E-state index is 11.4. The average molecular weight is 542 g/mol. The van der Waals surface area contributed by atoms with Crippen molar-refractivity contribution < 1.29 is 19.4 Å². The number of anilines is 1. The Morgan fingerprint density at radius 3 is 2.30 bits per heavy atom. The lowest BCUT2D eigenvalue weighted by Crippen LogP contribution is -2.35. The molecule has 5 heteroatoms. The minimum atomic E-state index is -0.726. The zero-order chi connectivity index (χ0) is 28.3. The van der Waals surface area contributed by atoms with Crippen molar-refractivity contribution in [3.05, 3.63) is 77.9 Å². The van der Waals surface area contributed by atoms with Gasteiger partial charge in [0.25, 0.3) is 0 Å². The zero-order valence-electron chi connectivity index (χ0n) is 24.4. The monoisotopic (exact) mass is 541 g/mol. The minimum Gasteiger partial charge on any atom is -0.497 e. The van der Waals surface area contributed by atoms with Crippen molar-refractivity contribution in [1.29, 1.82) is 0 Å². The van der Waals surface area contributed by atoms with Crippen LogP contribution in [0.4, 0.5) is 5.69 Å². The van der Waals surface area contributed by atoms with Crippen LogP contribution < -0.4 is 14.4 Å². The number of benzene rings is 3. The molecule has 1 N–H and O–H groups in total. The van der Waals surface area contributed by atoms with Crippen molar-refractivity contribution in [2.75, 3.05) is 31.7 Å². The Morgan fingerprint density at radius 1 is 0.950 bits per heavy atom. The van der Waals surface area contributed by atoms with Crippen molar-refractivity contribution in [3.63, 3.8) is 0 Å². The number of hydrogen-bond donors (Lipinski definition) is 1. The number of carbonyl (C=O) groups is 1. The summed E-state index contributed by atoms with van der Waals surface area (Å²) in [5.41, 5.74) is 6.24. The van der Waals surface area contributed by atoms with Gasteiger partial charge in [-0.25, -0.2) is 0 Å². The number of carboxylic acid groups (broad SMARTS) is 1. The number of aliphatic carboxylic acids is 1. The minimum absolute atomic E-state index is 0.0889. The van der Waals surface area contributed by atoms with Gasteiger partial charge in [-0.1, -0.05) is 57.2 Å². The molecular formula is C35H43NO4. The van der Waals surface area contributed by atoms with Crippen LogP contribution in [0.25, 0.3) is 11.1 Å². The van der Waals surface area contributed by atoms with Gasteiger partial charge < -0.3 is 19.5 Å². The predicted octanol–water partition coefficient (Wildman–Crippen LogP) is 7.92. The number of piperidine rings is 1. The Hall–Kier alpha value is -3.47. The first-order valence-corrected chi connectivity index (χ1v) is 14.7. The summed E-state index contributed by atoms with van der Waals surface area (Å²) in [6.45, 7) is 9.36. The van der Waals surface area contributed by atoms with Crippen LogP contribution in [0.2, 0.25) is 0 Å². The smallest absolute Gasteiger partial charge is 0.303 e. The molecule has 3 aromatic rings. The lowest BCUT2D eigenvalue weighted by molar-refractivity contribution is -0.137. The van der Waals surface area contributed by atoms with Crippen LogP contribution in [0.5, 0.6) is 11.5 Å². The fraction of sp³-hybridized carbons (Fsp3) is 0.457. The van der Waals surface area contributed by atoms with Crippen molar-refractivity contribution in [2.24, 2.45) is 11.8 Å². The predicted molar refractivity (Wildman–Crippen MR) is 162 cm³/mol. The van der Waals surface area contributed by atoms with Crippen LogP contribution in [0.15, 0.2) is 66.7 Å². The number of carboxylic acids is 1. The van der Waals surface area contributed by atoms with Gasteiger partial charge in [-0.15, -0.1) is 0 Å². The molecule has 1 aliphatic carbocycles. The topological polar surface area (TPSA) is 59.0 Å². The molecular weight excluding hydrogens is 498 g/mol. The largest absolute Gasteiger partial charge is 0.497 e. The molecule has 0 radical (unpaired) electrons. The first-order valence-electron chi connectivity index (χ1n) is 14.7. The molecule has 1 aliphatic heterocycles. The summed E-state index contributed by atoms with van der Waals surface area (Å²) in [5.74, 6) is 2.07. The van der Waals surface area contributed by atoms with E-state index in [1.54, 1.807) is 7.11 Å². The van der Waals surface area contributed by atoms with Crippen molar-refractivity contribution in [2.45, 2.75) is 64.2 Å². The molecule has 1 saturated carbocycles. The van der Waals surface area contributed by atoms with Gasteiger partial charge in [0.2, 0.25) is 0 Å². The van der Waals surface area contributed by atoms with E-state index in [-0.39, 0.29) is 17.8 Å². The zero-order valence-corrected chi connectivity index (χ0v) is 24.4. The van der Waals surface area contributed by atoms with Crippen molar-refractivity contribution >= 4 is 11.7 Å². The van der Waals surface area contributed by atoms with Gasteiger partial charge in [0, 0.05) is 30.4 Å². The second-order valence-electron chi connectivity index (χ2n) is 12.6. The van der Waals surface area contributed by atoms with E-state index in [0.29, 0.717) is 18.4 Å². The molecule has 1 atom stereocenters. The van der Waals surface area contributed by atoms with E-state index in [2.05, 4.69) is 80.3 Å². The molecule has 2 fully saturated rings. The third-order valence-electron chi connectivity index (χ3n) is 8.58. The SMILES string of the molecule is COc1ccc(-c2ccc(C(C)(C)C)cc2)c(N2CCC(COc3cccc([C@@H](CC(=O)O)C4CC4)c3)CC2)c1. The highest BCUT2D eigenvalue weighted by molar-refractivity contribution is 5.80. The molecule has 0 spiro atoms. The van der Waals surface area contributed by atoms with Gasteiger partial charge >= 0.3 is 5.97 Å². The summed E-state index contributed by atoms with van der Waals surface area (Å²) in [5, 5.41) is 9.38. The van der Waals surface area contributed by atoms with Crippen LogP contribution >= 0.6 is 0 Å².